The van der Waals surface area contributed by atoms with Crippen LogP contribution in [0.5, 0.6) is 5.75 Å². The molecule has 0 radical (unpaired) electrons. The summed E-state index contributed by atoms with van der Waals surface area (Å²) in [6.45, 7) is 0.320. The summed E-state index contributed by atoms with van der Waals surface area (Å²) < 4.78 is 9.40. The lowest BCUT2D eigenvalue weighted by molar-refractivity contribution is 0.307. The van der Waals surface area contributed by atoms with Crippen molar-refractivity contribution in [3.63, 3.8) is 0 Å². The molecule has 0 bridgehead atoms. The van der Waals surface area contributed by atoms with E-state index in [0.717, 1.165) is 53.2 Å². The first-order valence-electron chi connectivity index (χ1n) is 11.8. The van der Waals surface area contributed by atoms with Crippen molar-refractivity contribution in [2.75, 3.05) is 0 Å². The van der Waals surface area contributed by atoms with Crippen LogP contribution in [0.2, 0.25) is 0 Å². The summed E-state index contributed by atoms with van der Waals surface area (Å²) in [5.41, 5.74) is 6.40. The van der Waals surface area contributed by atoms with Gasteiger partial charge in [-0.3, -0.25) is 9.89 Å². The number of aromatic amines is 1. The molecule has 8 heteroatoms. The van der Waals surface area contributed by atoms with Crippen LogP contribution < -0.4 is 10.2 Å². The lowest BCUT2D eigenvalue weighted by Crippen LogP contribution is -2.17. The van der Waals surface area contributed by atoms with Gasteiger partial charge < -0.3 is 9.30 Å². The molecule has 3 heterocycles. The Hall–Kier alpha value is -3.88. The molecular weight excluding hydrogens is 548 g/mol. The monoisotopic (exact) mass is 566 g/mol. The van der Waals surface area contributed by atoms with Crippen LogP contribution in [0.15, 0.2) is 104 Å². The molecule has 6 aromatic rings. The number of nitrogens with zero attached hydrogens (tertiary/aromatic N) is 3. The van der Waals surface area contributed by atoms with E-state index in [4.69, 9.17) is 4.74 Å². The number of H-pyrrole nitrogens is 1. The van der Waals surface area contributed by atoms with E-state index in [9.17, 15) is 4.79 Å². The number of hydrogen-bond acceptors (Lipinski definition) is 5. The highest BCUT2D eigenvalue weighted by Gasteiger charge is 2.23. The number of fused-ring (bicyclic) bond motifs is 3. The molecule has 37 heavy (non-hydrogen) atoms. The van der Waals surface area contributed by atoms with Crippen LogP contribution in [-0.4, -0.2) is 20.0 Å². The smallest absolute Gasteiger partial charge is 0.193 e. The highest BCUT2D eigenvalue weighted by atomic mass is 79.9. The Morgan fingerprint density at radius 2 is 1.84 bits per heavy atom. The lowest BCUT2D eigenvalue weighted by Gasteiger charge is -2.24. The van der Waals surface area contributed by atoms with E-state index < -0.39 is 0 Å². The minimum Gasteiger partial charge on any atom is -0.489 e. The summed E-state index contributed by atoms with van der Waals surface area (Å²) in [5, 5.41) is 11.6. The molecule has 180 valence electrons. The quantitative estimate of drug-likeness (QED) is 0.252. The predicted octanol–water partition coefficient (Wildman–Crippen LogP) is 6.66. The van der Waals surface area contributed by atoms with Crippen molar-refractivity contribution in [2.45, 2.75) is 22.8 Å². The molecule has 0 atom stereocenters. The van der Waals surface area contributed by atoms with Gasteiger partial charge in [-0.1, -0.05) is 75.4 Å². The highest BCUT2D eigenvalue weighted by Crippen LogP contribution is 2.44. The minimum atomic E-state index is 0.0273. The molecule has 0 saturated heterocycles. The van der Waals surface area contributed by atoms with Crippen LogP contribution in [0.4, 0.5) is 0 Å². The van der Waals surface area contributed by atoms with Crippen molar-refractivity contribution >= 4 is 49.6 Å². The molecule has 0 unspecified atom stereocenters. The minimum absolute atomic E-state index is 0.0273. The summed E-state index contributed by atoms with van der Waals surface area (Å²) in [5.74, 6) is 0.650. The van der Waals surface area contributed by atoms with Crippen LogP contribution in [-0.2, 0) is 13.0 Å². The van der Waals surface area contributed by atoms with Gasteiger partial charge in [-0.15, -0.1) is 5.10 Å². The van der Waals surface area contributed by atoms with Gasteiger partial charge in [0, 0.05) is 38.0 Å². The van der Waals surface area contributed by atoms with Crippen LogP contribution in [0, 0.1) is 0 Å². The maximum Gasteiger partial charge on any atom is 0.193 e. The molecule has 0 aliphatic carbocycles. The second kappa shape index (κ2) is 8.90. The van der Waals surface area contributed by atoms with Gasteiger partial charge >= 0.3 is 0 Å². The maximum absolute atomic E-state index is 13.8. The lowest BCUT2D eigenvalue weighted by atomic mass is 10.0. The van der Waals surface area contributed by atoms with Gasteiger partial charge in [0.25, 0.3) is 0 Å². The van der Waals surface area contributed by atoms with Crippen LogP contribution in [0.1, 0.15) is 16.7 Å². The van der Waals surface area contributed by atoms with Crippen LogP contribution >= 0.6 is 27.7 Å². The molecule has 7 rings (SSSR count). The molecule has 1 N–H and O–H groups in total. The summed E-state index contributed by atoms with van der Waals surface area (Å²) in [7, 11) is 0. The van der Waals surface area contributed by atoms with E-state index in [1.165, 1.54) is 0 Å². The zero-order valence-corrected chi connectivity index (χ0v) is 21.8. The Balaban J connectivity index is 1.37. The predicted molar refractivity (Wildman–Crippen MR) is 149 cm³/mol. The summed E-state index contributed by atoms with van der Waals surface area (Å²) in [4.78, 5) is 15.9. The van der Waals surface area contributed by atoms with Gasteiger partial charge in [-0.25, -0.2) is 0 Å². The Bertz CT molecular complexity index is 1880. The van der Waals surface area contributed by atoms with Gasteiger partial charge in [0.05, 0.1) is 22.1 Å². The Morgan fingerprint density at radius 1 is 0.946 bits per heavy atom. The van der Waals surface area contributed by atoms with E-state index in [1.54, 1.807) is 11.8 Å². The van der Waals surface area contributed by atoms with Crippen molar-refractivity contribution in [3.8, 4) is 11.4 Å². The zero-order chi connectivity index (χ0) is 24.9. The van der Waals surface area contributed by atoms with Crippen molar-refractivity contribution in [1.82, 2.24) is 20.0 Å². The number of benzene rings is 4. The standard InChI is InChI=1S/C29H19BrN4O2S/c30-20-9-10-25-24(12-20)34-15-19(11-17-5-2-1-3-6-17)29(35)22-13-21(14-26(37-25)28(22)34)36-16-18-7-4-8-23-27(18)32-33-31-23/h1-10,12-15H,11,16H2,(H,31,32,33). The fourth-order valence-corrected chi connectivity index (χ4v) is 6.30. The number of ether oxygens (including phenoxy) is 1. The fraction of sp³-hybridized carbons (Fsp3) is 0.0690. The second-order valence-electron chi connectivity index (χ2n) is 8.96. The molecule has 1 aliphatic heterocycles. The van der Waals surface area contributed by atoms with E-state index in [0.29, 0.717) is 24.2 Å². The van der Waals surface area contributed by atoms with E-state index >= 15 is 0 Å². The number of nitrogens with one attached hydrogen (secondary N) is 1. The second-order valence-corrected chi connectivity index (χ2v) is 11.0. The zero-order valence-electron chi connectivity index (χ0n) is 19.4. The number of halogens is 1. The summed E-state index contributed by atoms with van der Waals surface area (Å²) in [6, 6.07) is 26.1. The molecule has 4 aromatic carbocycles. The van der Waals surface area contributed by atoms with Crippen LogP contribution in [0.3, 0.4) is 0 Å². The maximum atomic E-state index is 13.8. The highest BCUT2D eigenvalue weighted by molar-refractivity contribution is 9.10. The number of rotatable bonds is 5. The van der Waals surface area contributed by atoms with E-state index in [1.807, 2.05) is 60.8 Å². The normalized spacial score (nSPS) is 12.1. The Labute approximate surface area is 224 Å². The third-order valence-electron chi connectivity index (χ3n) is 6.58. The molecule has 0 amide bonds. The number of aromatic nitrogens is 4. The van der Waals surface area contributed by atoms with Crippen LogP contribution in [0.25, 0.3) is 27.6 Å². The largest absolute Gasteiger partial charge is 0.489 e. The van der Waals surface area contributed by atoms with Gasteiger partial charge in [0.1, 0.15) is 17.9 Å². The molecule has 2 aromatic heterocycles. The average molecular weight is 567 g/mol. The first-order valence-corrected chi connectivity index (χ1v) is 13.4. The summed E-state index contributed by atoms with van der Waals surface area (Å²) >= 11 is 5.27. The fourth-order valence-electron chi connectivity index (χ4n) is 4.84. The van der Waals surface area contributed by atoms with Crippen molar-refractivity contribution in [2.24, 2.45) is 0 Å². The average Bonchev–Trinajstić information content (AvgIpc) is 3.40. The molecular formula is C29H19BrN4O2S. The van der Waals surface area contributed by atoms with Gasteiger partial charge in [0.2, 0.25) is 0 Å². The summed E-state index contributed by atoms with van der Waals surface area (Å²) in [6.07, 6.45) is 2.55. The molecule has 0 spiro atoms. The third kappa shape index (κ3) is 3.93. The van der Waals surface area contributed by atoms with E-state index in [2.05, 4.69) is 60.2 Å². The van der Waals surface area contributed by atoms with Gasteiger partial charge in [-0.05, 0) is 42.0 Å². The van der Waals surface area contributed by atoms with Gasteiger partial charge in [-0.2, -0.15) is 0 Å². The molecule has 0 fully saturated rings. The first kappa shape index (κ1) is 22.3. The topological polar surface area (TPSA) is 72.8 Å². The van der Waals surface area contributed by atoms with Crippen molar-refractivity contribution in [1.29, 1.82) is 0 Å². The van der Waals surface area contributed by atoms with Crippen molar-refractivity contribution in [3.05, 3.63) is 116 Å². The molecule has 6 nitrogen and oxygen atoms in total. The molecule has 0 saturated carbocycles. The third-order valence-corrected chi connectivity index (χ3v) is 8.17. The van der Waals surface area contributed by atoms with Crippen molar-refractivity contribution < 1.29 is 4.74 Å². The SMILES string of the molecule is O=c1c(Cc2ccccc2)cn2c3c(cc(OCc4cccc5[nH]nnc45)cc13)Sc1ccc(Br)cc1-2. The van der Waals surface area contributed by atoms with Gasteiger partial charge in [0.15, 0.2) is 5.43 Å². The number of pyridine rings is 1. The molecule has 1 aliphatic rings. The number of hydrogen-bond donors (Lipinski definition) is 1. The Kier molecular flexibility index (Phi) is 5.37. The van der Waals surface area contributed by atoms with E-state index in [-0.39, 0.29) is 5.43 Å². The first-order chi connectivity index (χ1) is 18.1. The Morgan fingerprint density at radius 3 is 2.73 bits per heavy atom.